The van der Waals surface area contributed by atoms with E-state index < -0.39 is 5.60 Å². The van der Waals surface area contributed by atoms with Crippen molar-refractivity contribution < 1.29 is 5.11 Å². The zero-order valence-electron chi connectivity index (χ0n) is 7.17. The first-order valence-corrected chi connectivity index (χ1v) is 4.22. The average Bonchev–Trinajstić information content (AvgIpc) is 2.02. The van der Waals surface area contributed by atoms with Gasteiger partial charge in [-0.1, -0.05) is 18.2 Å². The van der Waals surface area contributed by atoms with Crippen LogP contribution in [0.2, 0.25) is 0 Å². The van der Waals surface area contributed by atoms with Gasteiger partial charge in [0, 0.05) is 18.7 Å². The van der Waals surface area contributed by atoms with Crippen molar-refractivity contribution in [3.05, 3.63) is 29.8 Å². The van der Waals surface area contributed by atoms with Gasteiger partial charge >= 0.3 is 0 Å². The van der Waals surface area contributed by atoms with Gasteiger partial charge in [-0.3, -0.25) is 0 Å². The van der Waals surface area contributed by atoms with E-state index in [9.17, 15) is 5.11 Å². The van der Waals surface area contributed by atoms with Crippen LogP contribution >= 0.6 is 0 Å². The van der Waals surface area contributed by atoms with E-state index in [0.29, 0.717) is 6.54 Å². The molecule has 64 valence electrons. The number of para-hydroxylation sites is 1. The van der Waals surface area contributed by atoms with Crippen molar-refractivity contribution >= 4 is 5.69 Å². The number of hydrogen-bond acceptors (Lipinski definition) is 2. The monoisotopic (exact) mass is 163 g/mol. The first-order valence-electron chi connectivity index (χ1n) is 4.22. The highest BCUT2D eigenvalue weighted by atomic mass is 16.3. The van der Waals surface area contributed by atoms with E-state index >= 15 is 0 Å². The molecule has 0 aromatic heterocycles. The van der Waals surface area contributed by atoms with Gasteiger partial charge in [0.2, 0.25) is 0 Å². The number of aliphatic hydroxyl groups is 1. The van der Waals surface area contributed by atoms with Crippen LogP contribution in [0, 0.1) is 0 Å². The molecule has 1 atom stereocenters. The Morgan fingerprint density at radius 1 is 1.42 bits per heavy atom. The number of rotatable bonds is 0. The summed E-state index contributed by atoms with van der Waals surface area (Å²) in [4.78, 5) is 0. The Hall–Kier alpha value is -1.02. The molecular formula is C10H13NO. The Labute approximate surface area is 72.2 Å². The molecular weight excluding hydrogens is 150 g/mol. The summed E-state index contributed by atoms with van der Waals surface area (Å²) in [6.45, 7) is 2.50. The van der Waals surface area contributed by atoms with E-state index in [-0.39, 0.29) is 0 Å². The second-order valence-corrected chi connectivity index (χ2v) is 3.68. The Kier molecular flexibility index (Phi) is 1.58. The lowest BCUT2D eigenvalue weighted by molar-refractivity contribution is 0.0710. The van der Waals surface area contributed by atoms with E-state index in [1.165, 1.54) is 5.56 Å². The third-order valence-corrected chi connectivity index (χ3v) is 2.25. The van der Waals surface area contributed by atoms with Gasteiger partial charge in [0.05, 0.1) is 5.60 Å². The lowest BCUT2D eigenvalue weighted by atomic mass is 9.92. The van der Waals surface area contributed by atoms with Gasteiger partial charge in [-0.2, -0.15) is 0 Å². The lowest BCUT2D eigenvalue weighted by Crippen LogP contribution is -2.39. The standard InChI is InChI=1S/C10H13NO/c1-10(12)6-8-4-2-3-5-9(8)11-7-10/h2-5,11-12H,6-7H2,1H3. The largest absolute Gasteiger partial charge is 0.388 e. The van der Waals surface area contributed by atoms with Crippen molar-refractivity contribution in [1.82, 2.24) is 0 Å². The highest BCUT2D eigenvalue weighted by Gasteiger charge is 2.26. The number of anilines is 1. The highest BCUT2D eigenvalue weighted by Crippen LogP contribution is 2.25. The van der Waals surface area contributed by atoms with Crippen LogP contribution in [0.25, 0.3) is 0 Å². The van der Waals surface area contributed by atoms with Gasteiger partial charge < -0.3 is 10.4 Å². The van der Waals surface area contributed by atoms with Gasteiger partial charge in [-0.05, 0) is 18.6 Å². The predicted molar refractivity (Wildman–Crippen MR) is 49.3 cm³/mol. The van der Waals surface area contributed by atoms with Crippen LogP contribution in [0.3, 0.4) is 0 Å². The second kappa shape index (κ2) is 2.49. The Morgan fingerprint density at radius 2 is 2.17 bits per heavy atom. The fourth-order valence-electron chi connectivity index (χ4n) is 1.61. The zero-order valence-corrected chi connectivity index (χ0v) is 7.17. The molecule has 0 fully saturated rings. The Morgan fingerprint density at radius 3 is 3.00 bits per heavy atom. The average molecular weight is 163 g/mol. The van der Waals surface area contributed by atoms with Crippen molar-refractivity contribution in [2.75, 3.05) is 11.9 Å². The van der Waals surface area contributed by atoms with Crippen molar-refractivity contribution in [1.29, 1.82) is 0 Å². The van der Waals surface area contributed by atoms with E-state index in [4.69, 9.17) is 0 Å². The number of fused-ring (bicyclic) bond motifs is 1. The molecule has 0 saturated heterocycles. The van der Waals surface area contributed by atoms with Gasteiger partial charge in [-0.15, -0.1) is 0 Å². The summed E-state index contributed by atoms with van der Waals surface area (Å²) >= 11 is 0. The maximum absolute atomic E-state index is 9.76. The summed E-state index contributed by atoms with van der Waals surface area (Å²) in [5.41, 5.74) is 1.77. The van der Waals surface area contributed by atoms with Gasteiger partial charge in [0.1, 0.15) is 0 Å². The molecule has 0 bridgehead atoms. The van der Waals surface area contributed by atoms with Crippen LogP contribution < -0.4 is 5.32 Å². The third kappa shape index (κ3) is 1.30. The fourth-order valence-corrected chi connectivity index (χ4v) is 1.61. The van der Waals surface area contributed by atoms with Crippen molar-refractivity contribution in [3.8, 4) is 0 Å². The minimum atomic E-state index is -0.589. The lowest BCUT2D eigenvalue weighted by Gasteiger charge is -2.30. The second-order valence-electron chi connectivity index (χ2n) is 3.68. The summed E-state index contributed by atoms with van der Waals surface area (Å²) in [5.74, 6) is 0. The molecule has 0 radical (unpaired) electrons. The first-order chi connectivity index (χ1) is 5.67. The molecule has 1 aliphatic rings. The van der Waals surface area contributed by atoms with Crippen LogP contribution in [0.1, 0.15) is 12.5 Å². The van der Waals surface area contributed by atoms with Crippen molar-refractivity contribution in [2.45, 2.75) is 18.9 Å². The van der Waals surface area contributed by atoms with E-state index in [1.807, 2.05) is 25.1 Å². The molecule has 1 aromatic carbocycles. The number of β-amino-alcohol motifs (C(OH)–C–C–N with tert-alkyl or cyclic N) is 1. The molecule has 2 N–H and O–H groups in total. The third-order valence-electron chi connectivity index (χ3n) is 2.25. The van der Waals surface area contributed by atoms with Crippen LogP contribution in [0.15, 0.2) is 24.3 Å². The molecule has 2 heteroatoms. The summed E-state index contributed by atoms with van der Waals surface area (Å²) in [6.07, 6.45) is 0.746. The van der Waals surface area contributed by atoms with Gasteiger partial charge in [0.25, 0.3) is 0 Å². The molecule has 1 aromatic rings. The van der Waals surface area contributed by atoms with Crippen LogP contribution in [-0.4, -0.2) is 17.3 Å². The first kappa shape index (κ1) is 7.62. The minimum Gasteiger partial charge on any atom is -0.388 e. The van der Waals surface area contributed by atoms with Gasteiger partial charge in [-0.25, -0.2) is 0 Å². The molecule has 0 amide bonds. The molecule has 1 heterocycles. The van der Waals surface area contributed by atoms with E-state index in [1.54, 1.807) is 0 Å². The SMILES string of the molecule is CC1(O)CNc2ccccc2C1. The number of hydrogen-bond donors (Lipinski definition) is 2. The molecule has 2 nitrogen and oxygen atoms in total. The molecule has 1 aliphatic heterocycles. The summed E-state index contributed by atoms with van der Waals surface area (Å²) in [5, 5.41) is 13.0. The topological polar surface area (TPSA) is 32.3 Å². The Bertz CT molecular complexity index is 294. The zero-order chi connectivity index (χ0) is 8.60. The number of nitrogens with one attached hydrogen (secondary N) is 1. The van der Waals surface area contributed by atoms with E-state index in [0.717, 1.165) is 12.1 Å². The maximum Gasteiger partial charge on any atom is 0.0832 e. The number of benzene rings is 1. The highest BCUT2D eigenvalue weighted by molar-refractivity contribution is 5.54. The molecule has 12 heavy (non-hydrogen) atoms. The smallest absolute Gasteiger partial charge is 0.0832 e. The molecule has 0 saturated carbocycles. The summed E-state index contributed by atoms with van der Waals surface area (Å²) in [6, 6.07) is 8.11. The molecule has 2 rings (SSSR count). The van der Waals surface area contributed by atoms with Crippen LogP contribution in [0.4, 0.5) is 5.69 Å². The fraction of sp³-hybridized carbons (Fsp3) is 0.400. The van der Waals surface area contributed by atoms with E-state index in [2.05, 4.69) is 11.4 Å². The normalized spacial score (nSPS) is 27.5. The molecule has 0 spiro atoms. The molecule has 1 unspecified atom stereocenters. The minimum absolute atomic E-state index is 0.589. The summed E-state index contributed by atoms with van der Waals surface area (Å²) in [7, 11) is 0. The van der Waals surface area contributed by atoms with Crippen LogP contribution in [0.5, 0.6) is 0 Å². The van der Waals surface area contributed by atoms with Crippen molar-refractivity contribution in [3.63, 3.8) is 0 Å². The van der Waals surface area contributed by atoms with Gasteiger partial charge in [0.15, 0.2) is 0 Å². The summed E-state index contributed by atoms with van der Waals surface area (Å²) < 4.78 is 0. The van der Waals surface area contributed by atoms with Crippen molar-refractivity contribution in [2.24, 2.45) is 0 Å². The Balaban J connectivity index is 2.35. The molecule has 0 aliphatic carbocycles. The quantitative estimate of drug-likeness (QED) is 0.606. The van der Waals surface area contributed by atoms with Crippen LogP contribution in [-0.2, 0) is 6.42 Å². The predicted octanol–water partition coefficient (Wildman–Crippen LogP) is 1.41. The maximum atomic E-state index is 9.76.